The van der Waals surface area contributed by atoms with E-state index in [0.29, 0.717) is 24.5 Å². The van der Waals surface area contributed by atoms with Gasteiger partial charge in [0.05, 0.1) is 18.1 Å². The van der Waals surface area contributed by atoms with E-state index < -0.39 is 27.8 Å². The van der Waals surface area contributed by atoms with Crippen LogP contribution in [0.15, 0.2) is 24.3 Å². The Balaban J connectivity index is 1.79. The Morgan fingerprint density at radius 3 is 2.30 bits per heavy atom. The zero-order valence-electron chi connectivity index (χ0n) is 15.7. The van der Waals surface area contributed by atoms with Crippen molar-refractivity contribution in [3.05, 3.63) is 24.3 Å². The van der Waals surface area contributed by atoms with Gasteiger partial charge in [0.25, 0.3) is 5.91 Å². The molecular formula is C18H25NO7S. The van der Waals surface area contributed by atoms with Crippen LogP contribution in [0.1, 0.15) is 20.3 Å². The lowest BCUT2D eigenvalue weighted by Gasteiger charge is -2.26. The van der Waals surface area contributed by atoms with Crippen molar-refractivity contribution in [3.63, 3.8) is 0 Å². The molecule has 8 nitrogen and oxygen atoms in total. The van der Waals surface area contributed by atoms with Gasteiger partial charge < -0.3 is 19.1 Å². The Kier molecular flexibility index (Phi) is 7.06. The molecule has 1 aromatic carbocycles. The fourth-order valence-electron chi connectivity index (χ4n) is 2.77. The number of nitrogens with zero attached hydrogens (tertiary/aromatic N) is 1. The van der Waals surface area contributed by atoms with E-state index in [9.17, 15) is 18.0 Å². The molecule has 2 rings (SSSR count). The van der Waals surface area contributed by atoms with Crippen molar-refractivity contribution < 1.29 is 32.2 Å². The standard InChI is InChI=1S/C18H25NO7S/c1-4-24-15-5-7-16(8-6-15)25-11-17(20)26-13(2)18(21)19(3)14-9-10-27(22,23)12-14/h5-8,13-14H,4,9-12H2,1-3H3/t13-,14-/m1/s1. The van der Waals surface area contributed by atoms with Crippen molar-refractivity contribution in [2.24, 2.45) is 0 Å². The number of hydrogen-bond donors (Lipinski definition) is 0. The second-order valence-corrected chi connectivity index (χ2v) is 8.56. The Labute approximate surface area is 159 Å². The van der Waals surface area contributed by atoms with Crippen molar-refractivity contribution in [2.45, 2.75) is 32.4 Å². The number of esters is 1. The van der Waals surface area contributed by atoms with Crippen molar-refractivity contribution in [2.75, 3.05) is 31.8 Å². The highest BCUT2D eigenvalue weighted by atomic mass is 32.2. The summed E-state index contributed by atoms with van der Waals surface area (Å²) < 4.78 is 38.8. The molecule has 2 atom stereocenters. The van der Waals surface area contributed by atoms with Crippen LogP contribution in [0, 0.1) is 0 Å². The molecule has 0 spiro atoms. The van der Waals surface area contributed by atoms with E-state index >= 15 is 0 Å². The SMILES string of the molecule is CCOc1ccc(OCC(=O)O[C@H](C)C(=O)N(C)[C@@H]2CCS(=O)(=O)C2)cc1. The summed E-state index contributed by atoms with van der Waals surface area (Å²) in [6, 6.07) is 6.40. The molecule has 1 heterocycles. The van der Waals surface area contributed by atoms with Gasteiger partial charge in [0.2, 0.25) is 0 Å². The first-order chi connectivity index (χ1) is 12.7. The molecule has 0 radical (unpaired) electrons. The Bertz CT molecular complexity index is 760. The van der Waals surface area contributed by atoms with Crippen molar-refractivity contribution in [1.82, 2.24) is 4.90 Å². The third-order valence-electron chi connectivity index (χ3n) is 4.25. The predicted octanol–water partition coefficient (Wildman–Crippen LogP) is 1.04. The summed E-state index contributed by atoms with van der Waals surface area (Å²) in [6.45, 7) is 3.55. The Morgan fingerprint density at radius 2 is 1.78 bits per heavy atom. The molecule has 27 heavy (non-hydrogen) atoms. The Morgan fingerprint density at radius 1 is 1.19 bits per heavy atom. The quantitative estimate of drug-likeness (QED) is 0.602. The highest BCUT2D eigenvalue weighted by Gasteiger charge is 2.34. The fourth-order valence-corrected chi connectivity index (χ4v) is 4.54. The number of rotatable bonds is 8. The van der Waals surface area contributed by atoms with Crippen molar-refractivity contribution in [3.8, 4) is 11.5 Å². The predicted molar refractivity (Wildman–Crippen MR) is 98.5 cm³/mol. The van der Waals surface area contributed by atoms with Gasteiger partial charge in [0, 0.05) is 13.1 Å². The van der Waals surface area contributed by atoms with E-state index in [-0.39, 0.29) is 24.2 Å². The summed E-state index contributed by atoms with van der Waals surface area (Å²) in [5.41, 5.74) is 0. The summed E-state index contributed by atoms with van der Waals surface area (Å²) >= 11 is 0. The molecule has 0 aliphatic carbocycles. The van der Waals surface area contributed by atoms with Crippen LogP contribution in [0.3, 0.4) is 0 Å². The minimum atomic E-state index is -3.10. The molecule has 1 aliphatic heterocycles. The molecule has 0 N–H and O–H groups in total. The molecule has 0 saturated carbocycles. The Hall–Kier alpha value is -2.29. The van der Waals surface area contributed by atoms with Crippen molar-refractivity contribution in [1.29, 1.82) is 0 Å². The maximum atomic E-state index is 12.3. The number of amides is 1. The molecule has 0 bridgehead atoms. The third-order valence-corrected chi connectivity index (χ3v) is 6.00. The molecule has 1 amide bonds. The maximum absolute atomic E-state index is 12.3. The lowest BCUT2D eigenvalue weighted by Crippen LogP contribution is -2.44. The second-order valence-electron chi connectivity index (χ2n) is 6.33. The van der Waals surface area contributed by atoms with E-state index in [1.54, 1.807) is 24.3 Å². The summed E-state index contributed by atoms with van der Waals surface area (Å²) in [4.78, 5) is 25.6. The lowest BCUT2D eigenvalue weighted by molar-refractivity contribution is -0.160. The van der Waals surface area contributed by atoms with Crippen LogP contribution >= 0.6 is 0 Å². The highest BCUT2D eigenvalue weighted by Crippen LogP contribution is 2.19. The molecule has 1 aliphatic rings. The van der Waals surface area contributed by atoms with E-state index in [1.807, 2.05) is 6.92 Å². The van der Waals surface area contributed by atoms with E-state index in [2.05, 4.69) is 0 Å². The topological polar surface area (TPSA) is 99.2 Å². The smallest absolute Gasteiger partial charge is 0.344 e. The number of sulfone groups is 1. The van der Waals surface area contributed by atoms with Crippen LogP contribution in [0.25, 0.3) is 0 Å². The summed E-state index contributed by atoms with van der Waals surface area (Å²) in [6.07, 6.45) is -0.624. The molecule has 1 fully saturated rings. The van der Waals surface area contributed by atoms with E-state index in [0.717, 1.165) is 0 Å². The van der Waals surface area contributed by atoms with Gasteiger partial charge in [-0.2, -0.15) is 0 Å². The maximum Gasteiger partial charge on any atom is 0.344 e. The molecular weight excluding hydrogens is 374 g/mol. The van der Waals surface area contributed by atoms with Crippen LogP contribution in [-0.2, 0) is 24.2 Å². The van der Waals surface area contributed by atoms with Crippen LogP contribution in [-0.4, -0.2) is 69.1 Å². The van der Waals surface area contributed by atoms with Crippen LogP contribution in [0.4, 0.5) is 0 Å². The normalized spacial score (nSPS) is 19.1. The van der Waals surface area contributed by atoms with Crippen LogP contribution in [0.2, 0.25) is 0 Å². The first-order valence-corrected chi connectivity index (χ1v) is 10.6. The zero-order valence-corrected chi connectivity index (χ0v) is 16.5. The number of carbonyl (C=O) groups is 2. The molecule has 1 aromatic rings. The number of likely N-dealkylation sites (N-methyl/N-ethyl adjacent to an activating group) is 1. The lowest BCUT2D eigenvalue weighted by atomic mass is 10.2. The summed E-state index contributed by atoms with van der Waals surface area (Å²) in [5.74, 6) is 0.0610. The minimum absolute atomic E-state index is 0.0588. The van der Waals surface area contributed by atoms with Gasteiger partial charge >= 0.3 is 5.97 Å². The van der Waals surface area contributed by atoms with E-state index in [1.165, 1.54) is 18.9 Å². The van der Waals surface area contributed by atoms with Gasteiger partial charge in [0.15, 0.2) is 22.5 Å². The van der Waals surface area contributed by atoms with E-state index in [4.69, 9.17) is 14.2 Å². The highest BCUT2D eigenvalue weighted by molar-refractivity contribution is 7.91. The minimum Gasteiger partial charge on any atom is -0.494 e. The van der Waals surface area contributed by atoms with Gasteiger partial charge in [0.1, 0.15) is 11.5 Å². The van der Waals surface area contributed by atoms with Gasteiger partial charge in [-0.1, -0.05) is 0 Å². The average Bonchev–Trinajstić information content (AvgIpc) is 3.00. The number of ether oxygens (including phenoxy) is 3. The van der Waals surface area contributed by atoms with Gasteiger partial charge in [-0.25, -0.2) is 13.2 Å². The van der Waals surface area contributed by atoms with Gasteiger partial charge in [-0.05, 0) is 44.5 Å². The largest absolute Gasteiger partial charge is 0.494 e. The molecule has 0 unspecified atom stereocenters. The zero-order chi connectivity index (χ0) is 20.0. The monoisotopic (exact) mass is 399 g/mol. The first-order valence-electron chi connectivity index (χ1n) is 8.74. The molecule has 1 saturated heterocycles. The number of benzene rings is 1. The summed E-state index contributed by atoms with van der Waals surface area (Å²) in [7, 11) is -1.58. The fraction of sp³-hybridized carbons (Fsp3) is 0.556. The first kappa shape index (κ1) is 21.0. The van der Waals surface area contributed by atoms with Crippen LogP contribution in [0.5, 0.6) is 11.5 Å². The molecule has 9 heteroatoms. The van der Waals surface area contributed by atoms with Crippen LogP contribution < -0.4 is 9.47 Å². The van der Waals surface area contributed by atoms with Gasteiger partial charge in [-0.15, -0.1) is 0 Å². The van der Waals surface area contributed by atoms with Crippen molar-refractivity contribution >= 4 is 21.7 Å². The second kappa shape index (κ2) is 9.07. The molecule has 0 aromatic heterocycles. The summed E-state index contributed by atoms with van der Waals surface area (Å²) in [5, 5.41) is 0. The molecule has 150 valence electrons. The average molecular weight is 399 g/mol. The third kappa shape index (κ3) is 6.13. The van der Waals surface area contributed by atoms with Gasteiger partial charge in [-0.3, -0.25) is 4.79 Å². The number of hydrogen-bond acceptors (Lipinski definition) is 7. The number of carbonyl (C=O) groups excluding carboxylic acids is 2.